The van der Waals surface area contributed by atoms with E-state index in [1.54, 1.807) is 12.4 Å². The summed E-state index contributed by atoms with van der Waals surface area (Å²) in [4.78, 5) is 20.1. The average molecular weight is 614 g/mol. The molecule has 0 bridgehead atoms. The molecule has 1 amide bonds. The lowest BCUT2D eigenvalue weighted by Crippen LogP contribution is -2.42. The molecule has 3 heterocycles. The number of nitrogens with zero attached hydrogens (tertiary/aromatic N) is 5. The summed E-state index contributed by atoms with van der Waals surface area (Å²) in [5.74, 6) is 0.329. The molecule has 1 aliphatic heterocycles. The molecular weight excluding hydrogens is 584 g/mol. The second kappa shape index (κ2) is 12.0. The Morgan fingerprint density at radius 1 is 1.07 bits per heavy atom. The summed E-state index contributed by atoms with van der Waals surface area (Å²) in [5.41, 5.74) is 0.813. The molecule has 2 N–H and O–H groups in total. The lowest BCUT2D eigenvalue weighted by molar-refractivity contribution is -0.212. The number of nitrogens with one attached hydrogen (secondary N) is 2. The molecule has 2 aromatic rings. The topological polar surface area (TPSA) is 131 Å². The molecule has 1 saturated carbocycles. The van der Waals surface area contributed by atoms with E-state index in [0.29, 0.717) is 50.4 Å². The number of rotatable bonds is 8. The number of amides is 1. The van der Waals surface area contributed by atoms with Gasteiger partial charge in [-0.25, -0.2) is 23.2 Å². The van der Waals surface area contributed by atoms with Gasteiger partial charge < -0.3 is 15.4 Å². The third-order valence-electron chi connectivity index (χ3n) is 6.95. The van der Waals surface area contributed by atoms with Gasteiger partial charge in [-0.05, 0) is 50.5 Å². The maximum Gasteiger partial charge on any atom is 0.504 e. The van der Waals surface area contributed by atoms with Crippen LogP contribution >= 0.6 is 0 Å². The van der Waals surface area contributed by atoms with Crippen LogP contribution in [0.25, 0.3) is 0 Å². The average Bonchev–Trinajstić information content (AvgIpc) is 3.54. The minimum atomic E-state index is -4.81. The largest absolute Gasteiger partial charge is 0.504 e. The fraction of sp³-hybridized carbons (Fsp3) is 0.652. The van der Waals surface area contributed by atoms with E-state index in [1.807, 2.05) is 0 Å². The molecule has 2 fully saturated rings. The molecule has 228 valence electrons. The first-order valence-electron chi connectivity index (χ1n) is 12.8. The van der Waals surface area contributed by atoms with E-state index in [4.69, 9.17) is 4.74 Å². The molecule has 0 aromatic carbocycles. The molecule has 0 radical (unpaired) electrons. The van der Waals surface area contributed by atoms with Gasteiger partial charge in [0, 0.05) is 37.6 Å². The molecule has 2 aromatic heterocycles. The number of carbonyl (C=O) groups is 1. The van der Waals surface area contributed by atoms with E-state index in [-0.39, 0.29) is 29.7 Å². The third-order valence-corrected chi connectivity index (χ3v) is 8.80. The molecule has 3 atom stereocenters. The molecule has 1 saturated heterocycles. The van der Waals surface area contributed by atoms with E-state index < -0.39 is 52.1 Å². The molecule has 2 aliphatic rings. The third kappa shape index (κ3) is 8.21. The quantitative estimate of drug-likeness (QED) is 0.426. The van der Waals surface area contributed by atoms with Crippen molar-refractivity contribution >= 4 is 22.1 Å². The van der Waals surface area contributed by atoms with Crippen LogP contribution in [-0.4, -0.2) is 76.0 Å². The number of hydrogen-bond acceptors (Lipinski definition) is 8. The van der Waals surface area contributed by atoms with Crippen LogP contribution in [0.1, 0.15) is 56.9 Å². The standard InChI is InChI=1S/C23H29F6N7O4S/c1-14(9-22(24,25)26)33-21(37)40-18-3-2-15(8-18)16-10-30-20(31-11-16)34-17-4-6-35(7-5-17)41(38,39)19-12-32-36(13-19)23(27,28)29/h10-15,17-18H,2-9H2,1H3,(H,33,37)(H,30,31,34)/t14-,15?,18?/m0/s1. The van der Waals surface area contributed by atoms with Gasteiger partial charge in [-0.15, -0.1) is 13.2 Å². The van der Waals surface area contributed by atoms with Crippen molar-refractivity contribution in [3.8, 4) is 0 Å². The number of alkyl carbamates (subject to hydrolysis) is 1. The maximum absolute atomic E-state index is 12.8. The summed E-state index contributed by atoms with van der Waals surface area (Å²) in [6, 6.07) is -1.26. The summed E-state index contributed by atoms with van der Waals surface area (Å²) in [7, 11) is -4.13. The Hall–Kier alpha value is -3.15. The molecule has 0 spiro atoms. The van der Waals surface area contributed by atoms with Gasteiger partial charge >= 0.3 is 18.6 Å². The monoisotopic (exact) mass is 613 g/mol. The lowest BCUT2D eigenvalue weighted by atomic mass is 10.0. The van der Waals surface area contributed by atoms with Gasteiger partial charge in [0.25, 0.3) is 0 Å². The first-order chi connectivity index (χ1) is 19.1. The first kappa shape index (κ1) is 30.8. The van der Waals surface area contributed by atoms with Crippen molar-refractivity contribution in [1.29, 1.82) is 0 Å². The predicted octanol–water partition coefficient (Wildman–Crippen LogP) is 4.12. The number of piperidine rings is 1. The number of carbonyl (C=O) groups excluding carboxylic acids is 1. The highest BCUT2D eigenvalue weighted by Gasteiger charge is 2.36. The van der Waals surface area contributed by atoms with Crippen LogP contribution < -0.4 is 10.6 Å². The van der Waals surface area contributed by atoms with E-state index in [9.17, 15) is 39.6 Å². The van der Waals surface area contributed by atoms with Crippen molar-refractivity contribution in [3.63, 3.8) is 0 Å². The minimum Gasteiger partial charge on any atom is -0.446 e. The summed E-state index contributed by atoms with van der Waals surface area (Å²) in [6.45, 7) is 1.42. The van der Waals surface area contributed by atoms with Gasteiger partial charge in [-0.2, -0.15) is 27.3 Å². The second-order valence-electron chi connectivity index (χ2n) is 10.2. The molecule has 1 aliphatic carbocycles. The molecule has 18 heteroatoms. The Bertz CT molecular complexity index is 1290. The normalized spacial score (nSPS) is 21.9. The van der Waals surface area contributed by atoms with Gasteiger partial charge in [0.1, 0.15) is 11.0 Å². The van der Waals surface area contributed by atoms with Crippen molar-refractivity contribution in [3.05, 3.63) is 30.4 Å². The number of alkyl halides is 6. The van der Waals surface area contributed by atoms with Crippen molar-refractivity contribution in [2.45, 2.75) is 86.9 Å². The fourth-order valence-corrected chi connectivity index (χ4v) is 6.31. The van der Waals surface area contributed by atoms with Crippen LogP contribution in [0.15, 0.2) is 29.7 Å². The van der Waals surface area contributed by atoms with Crippen molar-refractivity contribution < 1.29 is 44.3 Å². The number of aromatic nitrogens is 4. The summed E-state index contributed by atoms with van der Waals surface area (Å²) in [5, 5.41) is 8.42. The molecular formula is C23H29F6N7O4S. The Kier molecular flexibility index (Phi) is 9.01. The van der Waals surface area contributed by atoms with Crippen LogP contribution in [0.3, 0.4) is 0 Å². The highest BCUT2D eigenvalue weighted by atomic mass is 32.2. The van der Waals surface area contributed by atoms with E-state index in [1.165, 1.54) is 6.92 Å². The van der Waals surface area contributed by atoms with Crippen molar-refractivity contribution in [2.75, 3.05) is 18.4 Å². The molecule has 11 nitrogen and oxygen atoms in total. The highest BCUT2D eigenvalue weighted by Crippen LogP contribution is 2.36. The van der Waals surface area contributed by atoms with Crippen LogP contribution in [0.5, 0.6) is 0 Å². The second-order valence-corrected chi connectivity index (χ2v) is 12.1. The van der Waals surface area contributed by atoms with Gasteiger partial charge in [-0.3, -0.25) is 0 Å². The molecule has 4 rings (SSSR count). The van der Waals surface area contributed by atoms with Gasteiger partial charge in [0.05, 0.1) is 18.8 Å². The van der Waals surface area contributed by atoms with Crippen LogP contribution in [0.4, 0.5) is 37.1 Å². The molecule has 41 heavy (non-hydrogen) atoms. The summed E-state index contributed by atoms with van der Waals surface area (Å²) < 4.78 is 107. The fourth-order valence-electron chi connectivity index (χ4n) is 4.91. The minimum absolute atomic E-state index is 0.00425. The Morgan fingerprint density at radius 3 is 2.32 bits per heavy atom. The van der Waals surface area contributed by atoms with Crippen molar-refractivity contribution in [2.24, 2.45) is 0 Å². The Balaban J connectivity index is 1.23. The van der Waals surface area contributed by atoms with Crippen LogP contribution in [-0.2, 0) is 21.1 Å². The Labute approximate surface area is 231 Å². The number of ether oxygens (including phenoxy) is 1. The van der Waals surface area contributed by atoms with E-state index in [0.717, 1.165) is 9.87 Å². The zero-order valence-electron chi connectivity index (χ0n) is 21.8. The SMILES string of the molecule is C[C@@H](CC(F)(F)F)NC(=O)OC1CCC(c2cnc(NC3CCN(S(=O)(=O)c4cnn(C(F)(F)F)c4)CC3)nc2)C1. The number of sulfonamides is 1. The summed E-state index contributed by atoms with van der Waals surface area (Å²) >= 11 is 0. The molecule has 2 unspecified atom stereocenters. The zero-order chi connectivity index (χ0) is 30.0. The number of anilines is 1. The van der Waals surface area contributed by atoms with Gasteiger partial charge in [0.2, 0.25) is 16.0 Å². The smallest absolute Gasteiger partial charge is 0.446 e. The van der Waals surface area contributed by atoms with Crippen LogP contribution in [0, 0.1) is 0 Å². The zero-order valence-corrected chi connectivity index (χ0v) is 22.6. The highest BCUT2D eigenvalue weighted by molar-refractivity contribution is 7.89. The predicted molar refractivity (Wildman–Crippen MR) is 131 cm³/mol. The number of halogens is 6. The van der Waals surface area contributed by atoms with Gasteiger partial charge in [0.15, 0.2) is 0 Å². The van der Waals surface area contributed by atoms with Crippen molar-refractivity contribution in [1.82, 2.24) is 29.4 Å². The summed E-state index contributed by atoms with van der Waals surface area (Å²) in [6.07, 6.45) is -4.84. The Morgan fingerprint density at radius 2 is 1.73 bits per heavy atom. The maximum atomic E-state index is 12.8. The van der Waals surface area contributed by atoms with E-state index >= 15 is 0 Å². The van der Waals surface area contributed by atoms with Gasteiger partial charge in [-0.1, -0.05) is 0 Å². The van der Waals surface area contributed by atoms with E-state index in [2.05, 4.69) is 25.7 Å². The number of hydrogen-bond donors (Lipinski definition) is 2. The lowest BCUT2D eigenvalue weighted by Gasteiger charge is -2.31. The van der Waals surface area contributed by atoms with Crippen LogP contribution in [0.2, 0.25) is 0 Å². The first-order valence-corrected chi connectivity index (χ1v) is 14.3.